The van der Waals surface area contributed by atoms with E-state index in [9.17, 15) is 4.39 Å². The SMILES string of the molecule is CC(Nc1nccs1)c1ccc(Br)cc1F. The van der Waals surface area contributed by atoms with Crippen molar-refractivity contribution in [2.24, 2.45) is 0 Å². The fraction of sp³-hybridized carbons (Fsp3) is 0.182. The fourth-order valence-electron chi connectivity index (χ4n) is 1.41. The van der Waals surface area contributed by atoms with Gasteiger partial charge in [-0.15, -0.1) is 11.3 Å². The summed E-state index contributed by atoms with van der Waals surface area (Å²) < 4.78 is 14.4. The monoisotopic (exact) mass is 300 g/mol. The quantitative estimate of drug-likeness (QED) is 0.918. The Morgan fingerprint density at radius 1 is 1.50 bits per heavy atom. The Balaban J connectivity index is 2.17. The molecule has 1 unspecified atom stereocenters. The van der Waals surface area contributed by atoms with Crippen LogP contribution in [0.5, 0.6) is 0 Å². The van der Waals surface area contributed by atoms with Crippen LogP contribution in [0.25, 0.3) is 0 Å². The van der Waals surface area contributed by atoms with E-state index in [2.05, 4.69) is 26.2 Å². The summed E-state index contributed by atoms with van der Waals surface area (Å²) in [5.41, 5.74) is 0.637. The predicted octanol–water partition coefficient (Wildman–Crippen LogP) is 4.22. The molecule has 0 spiro atoms. The van der Waals surface area contributed by atoms with Gasteiger partial charge in [0.15, 0.2) is 5.13 Å². The molecule has 1 atom stereocenters. The molecule has 84 valence electrons. The van der Waals surface area contributed by atoms with E-state index in [1.54, 1.807) is 12.3 Å². The maximum Gasteiger partial charge on any atom is 0.183 e. The van der Waals surface area contributed by atoms with Crippen LogP contribution in [-0.4, -0.2) is 4.98 Å². The molecule has 0 radical (unpaired) electrons. The molecule has 2 rings (SSSR count). The number of halogens is 2. The van der Waals surface area contributed by atoms with E-state index in [0.717, 1.165) is 9.60 Å². The molecule has 1 aromatic carbocycles. The zero-order chi connectivity index (χ0) is 11.5. The zero-order valence-corrected chi connectivity index (χ0v) is 11.0. The Kier molecular flexibility index (Phi) is 3.56. The molecular weight excluding hydrogens is 291 g/mol. The van der Waals surface area contributed by atoms with Crippen LogP contribution in [0.15, 0.2) is 34.2 Å². The number of hydrogen-bond acceptors (Lipinski definition) is 3. The Morgan fingerprint density at radius 3 is 2.94 bits per heavy atom. The van der Waals surface area contributed by atoms with Gasteiger partial charge < -0.3 is 5.32 Å². The maximum absolute atomic E-state index is 13.6. The molecule has 0 aliphatic rings. The molecule has 2 aromatic rings. The first-order chi connectivity index (χ1) is 7.66. The molecule has 0 aliphatic carbocycles. The molecule has 0 saturated carbocycles. The minimum Gasteiger partial charge on any atom is -0.355 e. The van der Waals surface area contributed by atoms with Crippen molar-refractivity contribution in [3.8, 4) is 0 Å². The largest absolute Gasteiger partial charge is 0.355 e. The van der Waals surface area contributed by atoms with E-state index in [4.69, 9.17) is 0 Å². The smallest absolute Gasteiger partial charge is 0.183 e. The lowest BCUT2D eigenvalue weighted by atomic mass is 10.1. The number of rotatable bonds is 3. The van der Waals surface area contributed by atoms with Gasteiger partial charge in [-0.25, -0.2) is 9.37 Å². The van der Waals surface area contributed by atoms with Crippen LogP contribution < -0.4 is 5.32 Å². The molecular formula is C11H10BrFN2S. The van der Waals surface area contributed by atoms with Gasteiger partial charge >= 0.3 is 0 Å². The first kappa shape index (κ1) is 11.5. The normalized spacial score (nSPS) is 12.4. The number of thiazole rings is 1. The summed E-state index contributed by atoms with van der Waals surface area (Å²) >= 11 is 4.74. The lowest BCUT2D eigenvalue weighted by Gasteiger charge is -2.14. The van der Waals surface area contributed by atoms with Crippen LogP contribution in [0.1, 0.15) is 18.5 Å². The van der Waals surface area contributed by atoms with Crippen LogP contribution in [0, 0.1) is 5.82 Å². The molecule has 0 bridgehead atoms. The molecule has 16 heavy (non-hydrogen) atoms. The topological polar surface area (TPSA) is 24.9 Å². The van der Waals surface area contributed by atoms with Crippen molar-refractivity contribution < 1.29 is 4.39 Å². The van der Waals surface area contributed by atoms with E-state index in [1.807, 2.05) is 18.4 Å². The van der Waals surface area contributed by atoms with Crippen LogP contribution in [0.3, 0.4) is 0 Å². The van der Waals surface area contributed by atoms with Gasteiger partial charge in [0.1, 0.15) is 5.82 Å². The van der Waals surface area contributed by atoms with Crippen LogP contribution in [0.2, 0.25) is 0 Å². The van der Waals surface area contributed by atoms with Gasteiger partial charge in [0.2, 0.25) is 0 Å². The van der Waals surface area contributed by atoms with Crippen LogP contribution in [0.4, 0.5) is 9.52 Å². The third-order valence-corrected chi connectivity index (χ3v) is 3.40. The van der Waals surface area contributed by atoms with Gasteiger partial charge in [-0.3, -0.25) is 0 Å². The maximum atomic E-state index is 13.6. The van der Waals surface area contributed by atoms with E-state index in [1.165, 1.54) is 17.4 Å². The molecule has 0 aliphatic heterocycles. The molecule has 0 fully saturated rings. The average Bonchev–Trinajstić information content (AvgIpc) is 2.70. The van der Waals surface area contributed by atoms with Crippen LogP contribution in [-0.2, 0) is 0 Å². The average molecular weight is 301 g/mol. The third kappa shape index (κ3) is 2.59. The number of benzene rings is 1. The van der Waals surface area contributed by atoms with E-state index >= 15 is 0 Å². The summed E-state index contributed by atoms with van der Waals surface area (Å²) in [6.45, 7) is 1.91. The summed E-state index contributed by atoms with van der Waals surface area (Å²) in [5, 5.41) is 5.83. The third-order valence-electron chi connectivity index (χ3n) is 2.20. The lowest BCUT2D eigenvalue weighted by molar-refractivity contribution is 0.599. The van der Waals surface area contributed by atoms with Crippen LogP contribution >= 0.6 is 27.3 Å². The molecule has 1 heterocycles. The predicted molar refractivity (Wildman–Crippen MR) is 68.3 cm³/mol. The molecule has 2 nitrogen and oxygen atoms in total. The second kappa shape index (κ2) is 4.93. The van der Waals surface area contributed by atoms with Gasteiger partial charge in [-0.1, -0.05) is 22.0 Å². The second-order valence-corrected chi connectivity index (χ2v) is 5.18. The number of hydrogen-bond donors (Lipinski definition) is 1. The minimum atomic E-state index is -0.217. The molecule has 5 heteroatoms. The van der Waals surface area contributed by atoms with Crippen molar-refractivity contribution in [2.45, 2.75) is 13.0 Å². The van der Waals surface area contributed by atoms with Crippen molar-refractivity contribution >= 4 is 32.4 Å². The van der Waals surface area contributed by atoms with E-state index in [-0.39, 0.29) is 11.9 Å². The van der Waals surface area contributed by atoms with Crippen molar-refractivity contribution in [1.29, 1.82) is 0 Å². The van der Waals surface area contributed by atoms with E-state index < -0.39 is 0 Å². The van der Waals surface area contributed by atoms with Crippen molar-refractivity contribution in [3.05, 3.63) is 45.6 Å². The minimum absolute atomic E-state index is 0.0979. The molecule has 0 saturated heterocycles. The molecule has 1 aromatic heterocycles. The number of nitrogens with zero attached hydrogens (tertiary/aromatic N) is 1. The van der Waals surface area contributed by atoms with Gasteiger partial charge in [-0.2, -0.15) is 0 Å². The highest BCUT2D eigenvalue weighted by Crippen LogP contribution is 2.24. The summed E-state index contributed by atoms with van der Waals surface area (Å²) in [5.74, 6) is -0.217. The Bertz CT molecular complexity index is 473. The van der Waals surface area contributed by atoms with E-state index in [0.29, 0.717) is 5.56 Å². The number of anilines is 1. The summed E-state index contributed by atoms with van der Waals surface area (Å²) in [7, 11) is 0. The Labute approximate surface area is 106 Å². The summed E-state index contributed by atoms with van der Waals surface area (Å²) in [6, 6.07) is 4.97. The van der Waals surface area contributed by atoms with Gasteiger partial charge in [0.05, 0.1) is 6.04 Å². The molecule has 1 N–H and O–H groups in total. The number of nitrogens with one attached hydrogen (secondary N) is 1. The second-order valence-electron chi connectivity index (χ2n) is 3.37. The summed E-state index contributed by atoms with van der Waals surface area (Å²) in [4.78, 5) is 4.10. The highest BCUT2D eigenvalue weighted by molar-refractivity contribution is 9.10. The Hall–Kier alpha value is -0.940. The fourth-order valence-corrected chi connectivity index (χ4v) is 2.36. The van der Waals surface area contributed by atoms with Crippen molar-refractivity contribution in [2.75, 3.05) is 5.32 Å². The lowest BCUT2D eigenvalue weighted by Crippen LogP contribution is -2.08. The Morgan fingerprint density at radius 2 is 2.31 bits per heavy atom. The highest BCUT2D eigenvalue weighted by Gasteiger charge is 2.11. The number of aromatic nitrogens is 1. The van der Waals surface area contributed by atoms with Crippen molar-refractivity contribution in [3.63, 3.8) is 0 Å². The highest BCUT2D eigenvalue weighted by atomic mass is 79.9. The van der Waals surface area contributed by atoms with Gasteiger partial charge in [0, 0.05) is 21.6 Å². The first-order valence-corrected chi connectivity index (χ1v) is 6.45. The zero-order valence-electron chi connectivity index (χ0n) is 8.58. The molecule has 0 amide bonds. The first-order valence-electron chi connectivity index (χ1n) is 4.78. The van der Waals surface area contributed by atoms with Crippen molar-refractivity contribution in [1.82, 2.24) is 4.98 Å². The standard InChI is InChI=1S/C11H10BrFN2S/c1-7(15-11-14-4-5-16-11)9-3-2-8(12)6-10(9)13/h2-7H,1H3,(H,14,15). The van der Waals surface area contributed by atoms with Gasteiger partial charge in [-0.05, 0) is 19.1 Å². The summed E-state index contributed by atoms with van der Waals surface area (Å²) in [6.07, 6.45) is 1.72. The van der Waals surface area contributed by atoms with Gasteiger partial charge in [0.25, 0.3) is 0 Å².